The van der Waals surface area contributed by atoms with E-state index < -0.39 is 0 Å². The van der Waals surface area contributed by atoms with Crippen LogP contribution in [-0.4, -0.2) is 15.0 Å². The van der Waals surface area contributed by atoms with Crippen LogP contribution in [0.3, 0.4) is 0 Å². The van der Waals surface area contributed by atoms with Gasteiger partial charge in [0.1, 0.15) is 0 Å². The van der Waals surface area contributed by atoms with Gasteiger partial charge in [-0.15, -0.1) is 0 Å². The molecule has 0 radical (unpaired) electrons. The second-order valence-corrected chi connectivity index (χ2v) is 3.06. The van der Waals surface area contributed by atoms with E-state index in [1.54, 1.807) is 0 Å². The van der Waals surface area contributed by atoms with E-state index >= 15 is 0 Å². The Bertz CT molecular complexity index is 395. The number of halogens is 1. The van der Waals surface area contributed by atoms with Crippen molar-refractivity contribution in [3.8, 4) is 0 Å². The number of nitrogens with one attached hydrogen (secondary N) is 2. The molecule has 0 saturated heterocycles. The van der Waals surface area contributed by atoms with Gasteiger partial charge in [0.15, 0.2) is 5.52 Å². The highest BCUT2D eigenvalue weighted by Gasteiger charge is 2.10. The van der Waals surface area contributed by atoms with Gasteiger partial charge >= 0.3 is 0 Å². The molecule has 4 N–H and O–H groups in total. The van der Waals surface area contributed by atoms with Crippen LogP contribution in [0.25, 0.3) is 11.2 Å². The van der Waals surface area contributed by atoms with E-state index in [9.17, 15) is 0 Å². The molecule has 0 aliphatic carbocycles. The van der Waals surface area contributed by atoms with Crippen molar-refractivity contribution in [1.29, 1.82) is 0 Å². The number of nitrogens with zero attached hydrogens (tertiary/aromatic N) is 2. The number of aromatic nitrogens is 4. The van der Waals surface area contributed by atoms with Gasteiger partial charge in [0.2, 0.25) is 16.0 Å². The molecule has 11 heavy (non-hydrogen) atoms. The molecule has 0 unspecified atom stereocenters. The fourth-order valence-corrected chi connectivity index (χ4v) is 1.37. The summed E-state index contributed by atoms with van der Waals surface area (Å²) in [5, 5.41) is 0. The SMILES string of the molecule is Nc1nc[nH+]c2nc(I)[nH]c12. The van der Waals surface area contributed by atoms with Crippen molar-refractivity contribution < 1.29 is 4.98 Å². The third-order valence-corrected chi connectivity index (χ3v) is 1.85. The number of fused-ring (bicyclic) bond motifs is 1. The van der Waals surface area contributed by atoms with Gasteiger partial charge in [-0.2, -0.15) is 0 Å². The number of aromatic amines is 2. The van der Waals surface area contributed by atoms with Gasteiger partial charge in [0.05, 0.1) is 0 Å². The minimum atomic E-state index is 0.467. The van der Waals surface area contributed by atoms with E-state index in [2.05, 4.69) is 42.5 Å². The van der Waals surface area contributed by atoms with Crippen LogP contribution in [-0.2, 0) is 0 Å². The summed E-state index contributed by atoms with van der Waals surface area (Å²) in [5.74, 6) is 0.467. The number of anilines is 1. The highest BCUT2D eigenvalue weighted by Crippen LogP contribution is 2.11. The van der Waals surface area contributed by atoms with E-state index in [1.165, 1.54) is 6.33 Å². The summed E-state index contributed by atoms with van der Waals surface area (Å²) >= 11 is 2.08. The second kappa shape index (κ2) is 2.29. The Kier molecular flexibility index (Phi) is 1.41. The minimum Gasteiger partial charge on any atom is -0.368 e. The predicted molar refractivity (Wildman–Crippen MR) is 47.6 cm³/mol. The van der Waals surface area contributed by atoms with Gasteiger partial charge in [0.25, 0.3) is 5.65 Å². The predicted octanol–water partition coefficient (Wildman–Crippen LogP) is -0.0412. The number of rotatable bonds is 0. The molecule has 2 heterocycles. The molecule has 56 valence electrons. The van der Waals surface area contributed by atoms with E-state index in [1.807, 2.05) is 0 Å². The van der Waals surface area contributed by atoms with Crippen molar-refractivity contribution in [2.24, 2.45) is 0 Å². The lowest BCUT2D eigenvalue weighted by atomic mass is 10.5. The first-order valence-corrected chi connectivity index (χ1v) is 4.02. The topological polar surface area (TPSA) is 81.7 Å². The van der Waals surface area contributed by atoms with Crippen molar-refractivity contribution in [3.63, 3.8) is 0 Å². The lowest BCUT2D eigenvalue weighted by molar-refractivity contribution is -0.352. The lowest BCUT2D eigenvalue weighted by Crippen LogP contribution is -2.06. The quantitative estimate of drug-likeness (QED) is 0.516. The van der Waals surface area contributed by atoms with E-state index in [0.29, 0.717) is 5.82 Å². The molecule has 0 spiro atoms. The number of nitrogen functional groups attached to an aromatic ring is 1. The van der Waals surface area contributed by atoms with Crippen molar-refractivity contribution in [2.75, 3.05) is 5.73 Å². The molecule has 0 saturated carbocycles. The molecular weight excluding hydrogens is 257 g/mol. The minimum absolute atomic E-state index is 0.467. The maximum Gasteiger partial charge on any atom is 0.292 e. The number of H-pyrrole nitrogens is 2. The van der Waals surface area contributed by atoms with Gasteiger partial charge in [-0.25, -0.2) is 4.98 Å². The normalized spacial score (nSPS) is 10.6. The maximum absolute atomic E-state index is 5.56. The fraction of sp³-hybridized carbons (Fsp3) is 0. The van der Waals surface area contributed by atoms with Gasteiger partial charge < -0.3 is 10.7 Å². The third kappa shape index (κ3) is 1.02. The van der Waals surface area contributed by atoms with Crippen LogP contribution >= 0.6 is 22.6 Å². The standard InChI is InChI=1S/C5H4IN5/c6-5-10-2-3(7)8-1-9-4(2)11-5/h1H,(H3,7,8,9,10,11)/p+1. The van der Waals surface area contributed by atoms with Crippen molar-refractivity contribution in [2.45, 2.75) is 0 Å². The summed E-state index contributed by atoms with van der Waals surface area (Å²) in [6.07, 6.45) is 1.52. The van der Waals surface area contributed by atoms with Crippen LogP contribution in [0.15, 0.2) is 6.33 Å². The number of nitrogens with two attached hydrogens (primary N) is 1. The first-order chi connectivity index (χ1) is 5.27. The van der Waals surface area contributed by atoms with Crippen LogP contribution in [0.5, 0.6) is 0 Å². The summed E-state index contributed by atoms with van der Waals surface area (Å²) < 4.78 is 0.800. The average molecular weight is 262 g/mol. The van der Waals surface area contributed by atoms with Crippen LogP contribution in [0.4, 0.5) is 5.82 Å². The molecule has 2 rings (SSSR count). The molecule has 0 amide bonds. The first kappa shape index (κ1) is 6.77. The molecule has 6 heteroatoms. The molecule has 0 fully saturated rings. The zero-order chi connectivity index (χ0) is 7.84. The molecule has 0 aliphatic heterocycles. The summed E-state index contributed by atoms with van der Waals surface area (Å²) in [5.41, 5.74) is 7.06. The number of imidazole rings is 1. The number of hydrogen-bond acceptors (Lipinski definition) is 3. The summed E-state index contributed by atoms with van der Waals surface area (Å²) in [7, 11) is 0. The molecular formula is C5H5IN5+. The van der Waals surface area contributed by atoms with Crippen LogP contribution in [0.1, 0.15) is 0 Å². The molecule has 0 atom stereocenters. The van der Waals surface area contributed by atoms with Crippen molar-refractivity contribution >= 4 is 39.6 Å². The molecule has 2 aromatic heterocycles. The van der Waals surface area contributed by atoms with Crippen LogP contribution in [0.2, 0.25) is 0 Å². The van der Waals surface area contributed by atoms with Crippen molar-refractivity contribution in [1.82, 2.24) is 15.0 Å². The molecule has 0 aromatic carbocycles. The monoisotopic (exact) mass is 262 g/mol. The third-order valence-electron chi connectivity index (χ3n) is 1.34. The smallest absolute Gasteiger partial charge is 0.292 e. The average Bonchev–Trinajstić information content (AvgIpc) is 2.31. The number of hydrogen-bond donors (Lipinski definition) is 2. The Hall–Kier alpha value is -0.920. The summed E-state index contributed by atoms with van der Waals surface area (Å²) in [4.78, 5) is 13.9. The first-order valence-electron chi connectivity index (χ1n) is 2.95. The zero-order valence-corrected chi connectivity index (χ0v) is 7.58. The summed E-state index contributed by atoms with van der Waals surface area (Å²) in [6, 6.07) is 0. The summed E-state index contributed by atoms with van der Waals surface area (Å²) in [6.45, 7) is 0. The lowest BCUT2D eigenvalue weighted by Gasteiger charge is -1.82. The van der Waals surface area contributed by atoms with Crippen LogP contribution < -0.4 is 10.7 Å². The Balaban J connectivity index is 2.90. The van der Waals surface area contributed by atoms with E-state index in [-0.39, 0.29) is 0 Å². The maximum atomic E-state index is 5.56. The molecule has 0 bridgehead atoms. The van der Waals surface area contributed by atoms with Gasteiger partial charge in [0, 0.05) is 22.6 Å². The van der Waals surface area contributed by atoms with E-state index in [0.717, 1.165) is 15.0 Å². The molecule has 0 aliphatic rings. The van der Waals surface area contributed by atoms with Crippen LogP contribution in [0, 0.1) is 3.83 Å². The molecule has 2 aromatic rings. The second-order valence-electron chi connectivity index (χ2n) is 2.04. The van der Waals surface area contributed by atoms with Gasteiger partial charge in [-0.3, -0.25) is 0 Å². The zero-order valence-electron chi connectivity index (χ0n) is 5.43. The van der Waals surface area contributed by atoms with E-state index in [4.69, 9.17) is 5.73 Å². The molecule has 5 nitrogen and oxygen atoms in total. The fourth-order valence-electron chi connectivity index (χ4n) is 0.862. The van der Waals surface area contributed by atoms with Gasteiger partial charge in [-0.1, -0.05) is 9.97 Å². The Labute approximate surface area is 75.6 Å². The Morgan fingerprint density at radius 2 is 2.45 bits per heavy atom. The Morgan fingerprint density at radius 1 is 1.64 bits per heavy atom. The highest BCUT2D eigenvalue weighted by atomic mass is 127. The Morgan fingerprint density at radius 3 is 3.18 bits per heavy atom. The largest absolute Gasteiger partial charge is 0.368 e. The highest BCUT2D eigenvalue weighted by molar-refractivity contribution is 14.1. The van der Waals surface area contributed by atoms with Crippen molar-refractivity contribution in [3.05, 3.63) is 10.2 Å². The van der Waals surface area contributed by atoms with Gasteiger partial charge in [-0.05, 0) is 0 Å².